The standard InChI is InChI=1S/C32H31NO7S2/c34-20-23-12-14-24(15-13-23)29-18-26(21-41-30-9-5-4-8-28(30)31(35)36)39-32(40-29)25-16-10-22(11-17-25)19-33-42(37,38)27-6-2-1-3-7-27/h1-17,26,29,32-34H,18-21H2,(H,35,36)/t26-,29+,32+/m1/s1. The van der Waals surface area contributed by atoms with E-state index in [2.05, 4.69) is 4.72 Å². The molecular weight excluding hydrogens is 574 g/mol. The molecule has 0 radical (unpaired) electrons. The lowest BCUT2D eigenvalue weighted by Crippen LogP contribution is -2.31. The van der Waals surface area contributed by atoms with E-state index in [1.165, 1.54) is 11.8 Å². The second-order valence-corrected chi connectivity index (χ2v) is 12.7. The summed E-state index contributed by atoms with van der Waals surface area (Å²) in [5, 5.41) is 19.0. The summed E-state index contributed by atoms with van der Waals surface area (Å²) in [4.78, 5) is 12.6. The SMILES string of the molecule is O=C(O)c1ccccc1SC[C@H]1C[C@@H](c2ccc(CO)cc2)O[C@@H](c2ccc(CNS(=O)(=O)c3ccccc3)cc2)O1. The molecule has 1 aliphatic rings. The molecule has 4 aromatic rings. The van der Waals surface area contributed by atoms with E-state index in [1.54, 1.807) is 48.5 Å². The number of thioether (sulfide) groups is 1. The average Bonchev–Trinajstić information content (AvgIpc) is 3.03. The topological polar surface area (TPSA) is 122 Å². The number of aliphatic hydroxyl groups is 1. The van der Waals surface area contributed by atoms with Crippen LogP contribution in [0.15, 0.2) is 113 Å². The second kappa shape index (κ2) is 13.6. The molecule has 1 heterocycles. The Balaban J connectivity index is 1.31. The maximum atomic E-state index is 12.6. The van der Waals surface area contributed by atoms with Crippen LogP contribution in [0.2, 0.25) is 0 Å². The minimum Gasteiger partial charge on any atom is -0.478 e. The maximum Gasteiger partial charge on any atom is 0.336 e. The first kappa shape index (κ1) is 30.0. The van der Waals surface area contributed by atoms with Gasteiger partial charge in [0.25, 0.3) is 0 Å². The highest BCUT2D eigenvalue weighted by molar-refractivity contribution is 7.99. The first-order valence-corrected chi connectivity index (χ1v) is 15.9. The molecule has 0 aliphatic carbocycles. The van der Waals surface area contributed by atoms with Crippen molar-refractivity contribution >= 4 is 27.8 Å². The Morgan fingerprint density at radius 2 is 1.48 bits per heavy atom. The number of benzene rings is 4. The predicted octanol–water partition coefficient (Wildman–Crippen LogP) is 5.69. The van der Waals surface area contributed by atoms with Crippen LogP contribution >= 0.6 is 11.8 Å². The molecule has 0 amide bonds. The van der Waals surface area contributed by atoms with Gasteiger partial charge in [0.15, 0.2) is 6.29 Å². The van der Waals surface area contributed by atoms with Gasteiger partial charge in [-0.15, -0.1) is 11.8 Å². The molecule has 5 rings (SSSR count). The Hall–Kier alpha value is -3.51. The van der Waals surface area contributed by atoms with Gasteiger partial charge in [-0.25, -0.2) is 17.9 Å². The Morgan fingerprint density at radius 3 is 2.17 bits per heavy atom. The van der Waals surface area contributed by atoms with Crippen LogP contribution < -0.4 is 4.72 Å². The number of ether oxygens (including phenoxy) is 2. The minimum absolute atomic E-state index is 0.0480. The fourth-order valence-electron chi connectivity index (χ4n) is 4.63. The Morgan fingerprint density at radius 1 is 0.833 bits per heavy atom. The number of sulfonamides is 1. The van der Waals surface area contributed by atoms with Crippen LogP contribution in [0.3, 0.4) is 0 Å². The lowest BCUT2D eigenvalue weighted by Gasteiger charge is -2.36. The first-order chi connectivity index (χ1) is 20.3. The van der Waals surface area contributed by atoms with Gasteiger partial charge in [0.1, 0.15) is 0 Å². The number of hydrogen-bond acceptors (Lipinski definition) is 7. The van der Waals surface area contributed by atoms with E-state index in [0.29, 0.717) is 17.1 Å². The zero-order chi connectivity index (χ0) is 29.5. The first-order valence-electron chi connectivity index (χ1n) is 13.4. The van der Waals surface area contributed by atoms with Crippen molar-refractivity contribution in [2.75, 3.05) is 5.75 Å². The van der Waals surface area contributed by atoms with Crippen LogP contribution in [0.1, 0.15) is 51.4 Å². The molecule has 218 valence electrons. The van der Waals surface area contributed by atoms with E-state index in [-0.39, 0.29) is 35.8 Å². The lowest BCUT2D eigenvalue weighted by atomic mass is 10.0. The van der Waals surface area contributed by atoms with Crippen molar-refractivity contribution < 1.29 is 32.9 Å². The normalized spacial score (nSPS) is 18.9. The molecule has 0 saturated carbocycles. The third-order valence-electron chi connectivity index (χ3n) is 6.93. The quantitative estimate of drug-likeness (QED) is 0.186. The van der Waals surface area contributed by atoms with Crippen molar-refractivity contribution in [1.29, 1.82) is 0 Å². The van der Waals surface area contributed by atoms with Gasteiger partial charge in [0.2, 0.25) is 10.0 Å². The number of carboxylic acid groups (broad SMARTS) is 1. The van der Waals surface area contributed by atoms with Crippen molar-refractivity contribution in [2.24, 2.45) is 0 Å². The summed E-state index contributed by atoms with van der Waals surface area (Å²) >= 11 is 1.43. The van der Waals surface area contributed by atoms with Crippen LogP contribution in [-0.2, 0) is 32.6 Å². The number of hydrogen-bond donors (Lipinski definition) is 3. The van der Waals surface area contributed by atoms with Gasteiger partial charge < -0.3 is 19.7 Å². The third kappa shape index (κ3) is 7.46. The van der Waals surface area contributed by atoms with E-state index in [9.17, 15) is 23.4 Å². The summed E-state index contributed by atoms with van der Waals surface area (Å²) in [5.41, 5.74) is 3.57. The van der Waals surface area contributed by atoms with Crippen LogP contribution in [0.25, 0.3) is 0 Å². The van der Waals surface area contributed by atoms with Crippen LogP contribution in [0, 0.1) is 0 Å². The molecule has 0 spiro atoms. The molecule has 0 aromatic heterocycles. The minimum atomic E-state index is -3.63. The molecule has 3 atom stereocenters. The predicted molar refractivity (Wildman–Crippen MR) is 159 cm³/mol. The Bertz CT molecular complexity index is 1590. The van der Waals surface area contributed by atoms with Gasteiger partial charge in [-0.2, -0.15) is 0 Å². The van der Waals surface area contributed by atoms with E-state index in [4.69, 9.17) is 9.47 Å². The zero-order valence-electron chi connectivity index (χ0n) is 22.6. The summed E-state index contributed by atoms with van der Waals surface area (Å²) in [5.74, 6) is -0.453. The molecular formula is C32H31NO7S2. The van der Waals surface area contributed by atoms with Crippen LogP contribution in [0.4, 0.5) is 0 Å². The van der Waals surface area contributed by atoms with Crippen molar-refractivity contribution in [2.45, 2.75) is 47.9 Å². The number of aliphatic hydroxyl groups excluding tert-OH is 1. The zero-order valence-corrected chi connectivity index (χ0v) is 24.3. The van der Waals surface area contributed by atoms with Crippen molar-refractivity contribution in [3.05, 3.63) is 131 Å². The van der Waals surface area contributed by atoms with E-state index >= 15 is 0 Å². The highest BCUT2D eigenvalue weighted by Crippen LogP contribution is 2.39. The van der Waals surface area contributed by atoms with Crippen LogP contribution in [0.5, 0.6) is 0 Å². The molecule has 0 unspecified atom stereocenters. The maximum absolute atomic E-state index is 12.6. The summed E-state index contributed by atoms with van der Waals surface area (Å²) in [6.07, 6.45) is -0.641. The highest BCUT2D eigenvalue weighted by Gasteiger charge is 2.32. The monoisotopic (exact) mass is 605 g/mol. The number of nitrogens with one attached hydrogen (secondary N) is 1. The summed E-state index contributed by atoms with van der Waals surface area (Å²) in [6.45, 7) is 0.0830. The summed E-state index contributed by atoms with van der Waals surface area (Å²) in [7, 11) is -3.63. The fraction of sp³-hybridized carbons (Fsp3) is 0.219. The van der Waals surface area contributed by atoms with Gasteiger partial charge in [-0.3, -0.25) is 0 Å². The van der Waals surface area contributed by atoms with Gasteiger partial charge >= 0.3 is 5.97 Å². The van der Waals surface area contributed by atoms with Crippen molar-refractivity contribution in [3.63, 3.8) is 0 Å². The average molecular weight is 606 g/mol. The Labute approximate surface area is 249 Å². The fourth-order valence-corrected chi connectivity index (χ4v) is 6.73. The number of carboxylic acids is 1. The van der Waals surface area contributed by atoms with E-state index in [0.717, 1.165) is 22.3 Å². The largest absolute Gasteiger partial charge is 0.478 e. The summed E-state index contributed by atoms with van der Waals surface area (Å²) < 4.78 is 40.6. The molecule has 1 aliphatic heterocycles. The highest BCUT2D eigenvalue weighted by atomic mass is 32.2. The van der Waals surface area contributed by atoms with Crippen LogP contribution in [-0.4, -0.2) is 36.5 Å². The van der Waals surface area contributed by atoms with Crippen molar-refractivity contribution in [1.82, 2.24) is 4.72 Å². The van der Waals surface area contributed by atoms with E-state index in [1.807, 2.05) is 54.6 Å². The number of aromatic carboxylic acids is 1. The van der Waals surface area contributed by atoms with Gasteiger partial charge in [-0.1, -0.05) is 78.9 Å². The molecule has 0 bridgehead atoms. The summed E-state index contributed by atoms with van der Waals surface area (Å²) in [6, 6.07) is 30.1. The second-order valence-electron chi connectivity index (χ2n) is 9.84. The molecule has 1 fully saturated rings. The van der Waals surface area contributed by atoms with Gasteiger partial charge in [-0.05, 0) is 41.0 Å². The number of carbonyl (C=O) groups is 1. The number of rotatable bonds is 11. The molecule has 10 heteroatoms. The molecule has 3 N–H and O–H groups in total. The lowest BCUT2D eigenvalue weighted by molar-refractivity contribution is -0.245. The van der Waals surface area contributed by atoms with Gasteiger partial charge in [0.05, 0.1) is 29.3 Å². The van der Waals surface area contributed by atoms with E-state index < -0.39 is 22.3 Å². The van der Waals surface area contributed by atoms with Crippen molar-refractivity contribution in [3.8, 4) is 0 Å². The van der Waals surface area contributed by atoms with Gasteiger partial charge in [0, 0.05) is 29.2 Å². The smallest absolute Gasteiger partial charge is 0.336 e. The molecule has 42 heavy (non-hydrogen) atoms. The third-order valence-corrected chi connectivity index (χ3v) is 9.55. The molecule has 1 saturated heterocycles. The molecule has 8 nitrogen and oxygen atoms in total. The molecule has 4 aromatic carbocycles. The Kier molecular flexibility index (Phi) is 9.73.